The third kappa shape index (κ3) is 1.98. The van der Waals surface area contributed by atoms with Crippen molar-refractivity contribution in [3.05, 3.63) is 12.2 Å². The summed E-state index contributed by atoms with van der Waals surface area (Å²) in [6.45, 7) is 0. The molecular weight excluding hydrogens is 225 g/mol. The molecule has 1 aliphatic carbocycles. The van der Waals surface area contributed by atoms with Crippen LogP contribution in [0.25, 0.3) is 0 Å². The second kappa shape index (κ2) is 3.21. The number of hydrogen-bond donors (Lipinski definition) is 0. The molecule has 0 heterocycles. The predicted octanol–water partition coefficient (Wildman–Crippen LogP) is 2.28. The van der Waals surface area contributed by atoms with Crippen LogP contribution in [0.3, 0.4) is 0 Å². The molecule has 0 amide bonds. The van der Waals surface area contributed by atoms with Gasteiger partial charge in [0.2, 0.25) is 0 Å². The molecule has 0 fully saturated rings. The molecule has 1 nitrogen and oxygen atoms in total. The molecule has 0 spiro atoms. The number of halogens is 1. The number of nitrogens with zero attached hydrogens (tertiary/aromatic N) is 1. The second-order valence-electron chi connectivity index (χ2n) is 2.21. The lowest BCUT2D eigenvalue weighted by Crippen LogP contribution is -2.05. The smallest absolute Gasteiger partial charge is 0.0697 e. The molecule has 0 aromatic heterocycles. The minimum Gasteiger partial charge on any atom is -0.198 e. The molecule has 0 saturated carbocycles. The van der Waals surface area contributed by atoms with E-state index >= 15 is 0 Å². The summed E-state index contributed by atoms with van der Waals surface area (Å²) in [5.41, 5.74) is 0. The van der Waals surface area contributed by atoms with E-state index in [4.69, 9.17) is 5.26 Å². The Morgan fingerprint density at radius 1 is 1.44 bits per heavy atom. The molecule has 1 rings (SSSR count). The summed E-state index contributed by atoms with van der Waals surface area (Å²) < 4.78 is 0.659. The fourth-order valence-electron chi connectivity index (χ4n) is 0.893. The summed E-state index contributed by atoms with van der Waals surface area (Å²) in [4.78, 5) is 0. The lowest BCUT2D eigenvalue weighted by molar-refractivity contribution is 0.656. The fraction of sp³-hybridized carbons (Fsp3) is 0.571. The molecule has 0 radical (unpaired) electrons. The number of rotatable bonds is 0. The van der Waals surface area contributed by atoms with Crippen LogP contribution in [0.5, 0.6) is 0 Å². The van der Waals surface area contributed by atoms with E-state index in [0.29, 0.717) is 3.92 Å². The number of hydrogen-bond acceptors (Lipinski definition) is 1. The van der Waals surface area contributed by atoms with Crippen molar-refractivity contribution in [1.82, 2.24) is 0 Å². The molecule has 48 valence electrons. The van der Waals surface area contributed by atoms with E-state index in [0.717, 1.165) is 12.8 Å². The van der Waals surface area contributed by atoms with Gasteiger partial charge in [-0.05, 0) is 12.8 Å². The van der Waals surface area contributed by atoms with Gasteiger partial charge >= 0.3 is 0 Å². The van der Waals surface area contributed by atoms with Gasteiger partial charge in [0, 0.05) is 3.92 Å². The summed E-state index contributed by atoms with van der Waals surface area (Å²) in [6.07, 6.45) is 6.34. The van der Waals surface area contributed by atoms with Crippen molar-refractivity contribution in [3.8, 4) is 6.07 Å². The molecule has 0 aromatic carbocycles. The first-order valence-corrected chi connectivity index (χ1v) is 4.29. The summed E-state index contributed by atoms with van der Waals surface area (Å²) in [6, 6.07) is 2.23. The molecule has 1 aliphatic rings. The molecule has 0 N–H and O–H groups in total. The average molecular weight is 233 g/mol. The van der Waals surface area contributed by atoms with Crippen molar-refractivity contribution in [3.63, 3.8) is 0 Å². The Labute approximate surface area is 68.9 Å². The molecule has 0 aromatic rings. The monoisotopic (exact) mass is 233 g/mol. The van der Waals surface area contributed by atoms with E-state index in [1.54, 1.807) is 0 Å². The minimum absolute atomic E-state index is 0.191. The number of nitriles is 1. The van der Waals surface area contributed by atoms with E-state index in [2.05, 4.69) is 34.7 Å². The maximum absolute atomic E-state index is 8.47. The lowest BCUT2D eigenvalue weighted by Gasteiger charge is -2.12. The average Bonchev–Trinajstić information content (AvgIpc) is 1.90. The third-order valence-corrected chi connectivity index (χ3v) is 2.51. The molecule has 2 unspecified atom stereocenters. The van der Waals surface area contributed by atoms with Crippen LogP contribution >= 0.6 is 22.6 Å². The van der Waals surface area contributed by atoms with Crippen molar-refractivity contribution in [2.24, 2.45) is 5.92 Å². The number of allylic oxidation sites excluding steroid dienone is 2. The Kier molecular flexibility index (Phi) is 2.52. The van der Waals surface area contributed by atoms with Crippen LogP contribution < -0.4 is 0 Å². The van der Waals surface area contributed by atoms with Gasteiger partial charge < -0.3 is 0 Å². The van der Waals surface area contributed by atoms with Crippen LogP contribution in [0, 0.1) is 17.2 Å². The van der Waals surface area contributed by atoms with Crippen LogP contribution in [-0.2, 0) is 0 Å². The second-order valence-corrected chi connectivity index (χ2v) is 3.81. The van der Waals surface area contributed by atoms with Gasteiger partial charge in [0.25, 0.3) is 0 Å². The van der Waals surface area contributed by atoms with E-state index < -0.39 is 0 Å². The zero-order valence-electron chi connectivity index (χ0n) is 5.05. The van der Waals surface area contributed by atoms with Crippen LogP contribution in [0.1, 0.15) is 12.8 Å². The van der Waals surface area contributed by atoms with Crippen molar-refractivity contribution in [1.29, 1.82) is 5.26 Å². The highest BCUT2D eigenvalue weighted by atomic mass is 127. The zero-order chi connectivity index (χ0) is 6.69. The van der Waals surface area contributed by atoms with E-state index in [-0.39, 0.29) is 5.92 Å². The third-order valence-electron chi connectivity index (χ3n) is 1.47. The number of alkyl halides is 1. The predicted molar refractivity (Wildman–Crippen MR) is 45.3 cm³/mol. The molecule has 0 bridgehead atoms. The first kappa shape index (κ1) is 7.07. The van der Waals surface area contributed by atoms with Gasteiger partial charge in [0.05, 0.1) is 12.0 Å². The van der Waals surface area contributed by atoms with Gasteiger partial charge in [-0.3, -0.25) is 0 Å². The summed E-state index contributed by atoms with van der Waals surface area (Å²) in [5.74, 6) is 0.191. The minimum atomic E-state index is 0.191. The Bertz CT molecular complexity index is 157. The van der Waals surface area contributed by atoms with Crippen molar-refractivity contribution >= 4 is 22.6 Å². The van der Waals surface area contributed by atoms with Crippen LogP contribution in [0.4, 0.5) is 0 Å². The molecule has 0 saturated heterocycles. The normalized spacial score (nSPS) is 33.8. The Morgan fingerprint density at radius 3 is 2.67 bits per heavy atom. The van der Waals surface area contributed by atoms with Crippen LogP contribution in [0.15, 0.2) is 12.2 Å². The van der Waals surface area contributed by atoms with Crippen molar-refractivity contribution < 1.29 is 0 Å². The Hall–Kier alpha value is -0.0400. The SMILES string of the molecule is N#CC1C=CC(I)CC1. The quantitative estimate of drug-likeness (QED) is 0.357. The van der Waals surface area contributed by atoms with Gasteiger partial charge in [0.1, 0.15) is 0 Å². The Morgan fingerprint density at radius 2 is 2.22 bits per heavy atom. The van der Waals surface area contributed by atoms with Crippen molar-refractivity contribution in [2.75, 3.05) is 0 Å². The largest absolute Gasteiger partial charge is 0.198 e. The van der Waals surface area contributed by atoms with Crippen molar-refractivity contribution in [2.45, 2.75) is 16.8 Å². The maximum atomic E-state index is 8.47. The summed E-state index contributed by atoms with van der Waals surface area (Å²) >= 11 is 2.39. The first-order valence-electron chi connectivity index (χ1n) is 3.05. The molecule has 2 heteroatoms. The highest BCUT2D eigenvalue weighted by Crippen LogP contribution is 2.21. The first-order chi connectivity index (χ1) is 4.33. The fourth-order valence-corrected chi connectivity index (χ4v) is 1.49. The van der Waals surface area contributed by atoms with Crippen LogP contribution in [0.2, 0.25) is 0 Å². The van der Waals surface area contributed by atoms with Crippen LogP contribution in [-0.4, -0.2) is 3.92 Å². The maximum Gasteiger partial charge on any atom is 0.0697 e. The summed E-state index contributed by atoms with van der Waals surface area (Å²) in [5, 5.41) is 8.47. The molecule has 9 heavy (non-hydrogen) atoms. The summed E-state index contributed by atoms with van der Waals surface area (Å²) in [7, 11) is 0. The van der Waals surface area contributed by atoms with E-state index in [9.17, 15) is 0 Å². The van der Waals surface area contributed by atoms with E-state index in [1.165, 1.54) is 0 Å². The highest BCUT2D eigenvalue weighted by Gasteiger charge is 2.11. The molecular formula is C7H8IN. The Balaban J connectivity index is 2.50. The molecule has 0 aliphatic heterocycles. The van der Waals surface area contributed by atoms with Gasteiger partial charge in [-0.25, -0.2) is 0 Å². The zero-order valence-corrected chi connectivity index (χ0v) is 7.21. The molecule has 2 atom stereocenters. The standard InChI is InChI=1S/C7H8IN/c8-7-3-1-6(5-9)2-4-7/h1,3,6-7H,2,4H2. The van der Waals surface area contributed by atoms with E-state index in [1.807, 2.05) is 6.08 Å². The van der Waals surface area contributed by atoms with Gasteiger partial charge in [0.15, 0.2) is 0 Å². The topological polar surface area (TPSA) is 23.8 Å². The van der Waals surface area contributed by atoms with Gasteiger partial charge in [-0.2, -0.15) is 5.26 Å². The van der Waals surface area contributed by atoms with Gasteiger partial charge in [-0.1, -0.05) is 34.7 Å². The highest BCUT2D eigenvalue weighted by molar-refractivity contribution is 14.1. The van der Waals surface area contributed by atoms with Gasteiger partial charge in [-0.15, -0.1) is 0 Å². The lowest BCUT2D eigenvalue weighted by atomic mass is 9.98.